The summed E-state index contributed by atoms with van der Waals surface area (Å²) in [6.45, 7) is 2.82. The first-order chi connectivity index (χ1) is 12.1. The normalized spacial score (nSPS) is 20.8. The number of hydrogen-bond acceptors (Lipinski definition) is 6. The smallest absolute Gasteiger partial charge is 0.248 e. The summed E-state index contributed by atoms with van der Waals surface area (Å²) in [4.78, 5) is 36.6. The number of ether oxygens (including phenoxy) is 1. The minimum Gasteiger partial charge on any atom is -0.375 e. The van der Waals surface area contributed by atoms with Crippen LogP contribution in [0.4, 0.5) is 5.82 Å². The van der Waals surface area contributed by atoms with E-state index in [1.165, 1.54) is 7.11 Å². The van der Waals surface area contributed by atoms with Gasteiger partial charge < -0.3 is 20.3 Å². The standard InChI is InChI=1S/C17H25N5O3/c1-25-10-15(23)21-7-4-13-14(5-8-21)19-11-20-17(13)22-6-2-3-12(9-22)16(18)24/h11-12H,2-10H2,1H3,(H2,18,24). The molecule has 2 aliphatic rings. The maximum Gasteiger partial charge on any atom is 0.248 e. The first-order valence-corrected chi connectivity index (χ1v) is 8.74. The number of rotatable bonds is 4. The van der Waals surface area contributed by atoms with Crippen LogP contribution in [-0.2, 0) is 27.2 Å². The van der Waals surface area contributed by atoms with Crippen LogP contribution in [0.5, 0.6) is 0 Å². The minimum absolute atomic E-state index is 0.00317. The summed E-state index contributed by atoms with van der Waals surface area (Å²) in [5.74, 6) is 0.500. The van der Waals surface area contributed by atoms with Gasteiger partial charge in [-0.15, -0.1) is 0 Å². The molecule has 0 aromatic carbocycles. The zero-order valence-corrected chi connectivity index (χ0v) is 14.6. The third-order valence-electron chi connectivity index (χ3n) is 5.01. The fourth-order valence-electron chi connectivity index (χ4n) is 3.65. The van der Waals surface area contributed by atoms with Crippen molar-refractivity contribution >= 4 is 17.6 Å². The Kier molecular flexibility index (Phi) is 5.47. The van der Waals surface area contributed by atoms with Crippen molar-refractivity contribution in [3.63, 3.8) is 0 Å². The second-order valence-electron chi connectivity index (χ2n) is 6.62. The summed E-state index contributed by atoms with van der Waals surface area (Å²) >= 11 is 0. The van der Waals surface area contributed by atoms with Crippen LogP contribution >= 0.6 is 0 Å². The highest BCUT2D eigenvalue weighted by Gasteiger charge is 2.28. The van der Waals surface area contributed by atoms with E-state index in [-0.39, 0.29) is 24.3 Å². The average Bonchev–Trinajstić information content (AvgIpc) is 2.84. The van der Waals surface area contributed by atoms with Gasteiger partial charge in [-0.1, -0.05) is 0 Å². The van der Waals surface area contributed by atoms with Gasteiger partial charge in [0.15, 0.2) is 0 Å². The number of nitrogens with two attached hydrogens (primary N) is 1. The second kappa shape index (κ2) is 7.77. The van der Waals surface area contributed by atoms with Gasteiger partial charge in [-0.2, -0.15) is 0 Å². The van der Waals surface area contributed by atoms with Crippen molar-refractivity contribution in [3.05, 3.63) is 17.6 Å². The van der Waals surface area contributed by atoms with Gasteiger partial charge in [0.25, 0.3) is 0 Å². The minimum atomic E-state index is -0.249. The highest BCUT2D eigenvalue weighted by Crippen LogP contribution is 2.27. The van der Waals surface area contributed by atoms with Crippen LogP contribution in [0.25, 0.3) is 0 Å². The van der Waals surface area contributed by atoms with Crippen molar-refractivity contribution < 1.29 is 14.3 Å². The molecule has 1 aromatic rings. The van der Waals surface area contributed by atoms with E-state index in [9.17, 15) is 9.59 Å². The maximum atomic E-state index is 12.1. The number of anilines is 1. The van der Waals surface area contributed by atoms with Crippen LogP contribution in [0.3, 0.4) is 0 Å². The molecule has 0 spiro atoms. The van der Waals surface area contributed by atoms with Gasteiger partial charge in [-0.3, -0.25) is 9.59 Å². The highest BCUT2D eigenvalue weighted by atomic mass is 16.5. The molecule has 0 radical (unpaired) electrons. The van der Waals surface area contributed by atoms with Crippen LogP contribution in [0.15, 0.2) is 6.33 Å². The monoisotopic (exact) mass is 347 g/mol. The Labute approximate surface area is 147 Å². The molecule has 3 heterocycles. The van der Waals surface area contributed by atoms with E-state index in [1.54, 1.807) is 6.33 Å². The molecule has 1 aromatic heterocycles. The van der Waals surface area contributed by atoms with Crippen molar-refractivity contribution in [1.29, 1.82) is 0 Å². The first-order valence-electron chi connectivity index (χ1n) is 8.74. The van der Waals surface area contributed by atoms with Crippen LogP contribution < -0.4 is 10.6 Å². The van der Waals surface area contributed by atoms with Gasteiger partial charge >= 0.3 is 0 Å². The summed E-state index contributed by atoms with van der Waals surface area (Å²) < 4.78 is 4.96. The van der Waals surface area contributed by atoms with Crippen molar-refractivity contribution in [3.8, 4) is 0 Å². The molecule has 8 nitrogen and oxygen atoms in total. The number of fused-ring (bicyclic) bond motifs is 1. The Morgan fingerprint density at radius 2 is 2.08 bits per heavy atom. The van der Waals surface area contributed by atoms with Gasteiger partial charge in [-0.25, -0.2) is 9.97 Å². The lowest BCUT2D eigenvalue weighted by atomic mass is 9.96. The van der Waals surface area contributed by atoms with Crippen molar-refractivity contribution in [2.24, 2.45) is 11.7 Å². The third-order valence-corrected chi connectivity index (χ3v) is 5.01. The summed E-state index contributed by atoms with van der Waals surface area (Å²) in [6, 6.07) is 0. The Hall–Kier alpha value is -2.22. The van der Waals surface area contributed by atoms with Crippen molar-refractivity contribution in [1.82, 2.24) is 14.9 Å². The average molecular weight is 347 g/mol. The van der Waals surface area contributed by atoms with Crippen LogP contribution in [0, 0.1) is 5.92 Å². The zero-order valence-electron chi connectivity index (χ0n) is 14.6. The number of methoxy groups -OCH3 is 1. The number of hydrogen-bond donors (Lipinski definition) is 1. The number of piperidine rings is 1. The van der Waals surface area contributed by atoms with E-state index >= 15 is 0 Å². The highest BCUT2D eigenvalue weighted by molar-refractivity contribution is 5.78. The molecule has 1 atom stereocenters. The fraction of sp³-hybridized carbons (Fsp3) is 0.647. The van der Waals surface area contributed by atoms with E-state index in [1.807, 2.05) is 4.90 Å². The molecular weight excluding hydrogens is 322 g/mol. The number of primary amides is 1. The predicted octanol–water partition coefficient (Wildman–Crippen LogP) is -0.248. The predicted molar refractivity (Wildman–Crippen MR) is 92.0 cm³/mol. The van der Waals surface area contributed by atoms with Crippen LogP contribution in [0.2, 0.25) is 0 Å². The molecule has 0 bridgehead atoms. The molecule has 1 saturated heterocycles. The maximum absolute atomic E-state index is 12.1. The number of amides is 2. The lowest BCUT2D eigenvalue weighted by Crippen LogP contribution is -2.42. The Morgan fingerprint density at radius 1 is 1.28 bits per heavy atom. The molecule has 136 valence electrons. The zero-order chi connectivity index (χ0) is 17.8. The summed E-state index contributed by atoms with van der Waals surface area (Å²) in [5, 5.41) is 0. The number of carbonyl (C=O) groups excluding carboxylic acids is 2. The second-order valence-corrected chi connectivity index (χ2v) is 6.62. The first kappa shape index (κ1) is 17.6. The molecule has 0 aliphatic carbocycles. The molecule has 2 aliphatic heterocycles. The lowest BCUT2D eigenvalue weighted by Gasteiger charge is -2.33. The molecule has 0 saturated carbocycles. The number of aromatic nitrogens is 2. The lowest BCUT2D eigenvalue weighted by molar-refractivity contribution is -0.135. The van der Waals surface area contributed by atoms with Gasteiger partial charge in [0.2, 0.25) is 11.8 Å². The van der Waals surface area contributed by atoms with Gasteiger partial charge in [0, 0.05) is 45.3 Å². The van der Waals surface area contributed by atoms with Gasteiger partial charge in [0.05, 0.1) is 11.6 Å². The molecule has 3 rings (SSSR count). The molecule has 1 fully saturated rings. The van der Waals surface area contributed by atoms with Gasteiger partial charge in [0.1, 0.15) is 18.8 Å². The Bertz CT molecular complexity index is 651. The molecule has 25 heavy (non-hydrogen) atoms. The molecule has 1 unspecified atom stereocenters. The van der Waals surface area contributed by atoms with E-state index in [4.69, 9.17) is 10.5 Å². The summed E-state index contributed by atoms with van der Waals surface area (Å²) in [5.41, 5.74) is 7.56. The summed E-state index contributed by atoms with van der Waals surface area (Å²) in [7, 11) is 1.53. The van der Waals surface area contributed by atoms with E-state index in [2.05, 4.69) is 14.9 Å². The largest absolute Gasteiger partial charge is 0.375 e. The van der Waals surface area contributed by atoms with Gasteiger partial charge in [-0.05, 0) is 19.3 Å². The van der Waals surface area contributed by atoms with E-state index in [0.717, 1.165) is 36.5 Å². The van der Waals surface area contributed by atoms with Crippen molar-refractivity contribution in [2.75, 3.05) is 44.8 Å². The van der Waals surface area contributed by atoms with E-state index in [0.29, 0.717) is 32.5 Å². The van der Waals surface area contributed by atoms with E-state index < -0.39 is 0 Å². The SMILES string of the molecule is COCC(=O)N1CCc2ncnc(N3CCCC(C(N)=O)C3)c2CC1. The Balaban J connectivity index is 1.79. The molecular formula is C17H25N5O3. The quantitative estimate of drug-likeness (QED) is 0.806. The van der Waals surface area contributed by atoms with Crippen LogP contribution in [0.1, 0.15) is 24.1 Å². The van der Waals surface area contributed by atoms with Crippen LogP contribution in [-0.4, -0.2) is 66.6 Å². The number of carbonyl (C=O) groups is 2. The Morgan fingerprint density at radius 3 is 2.84 bits per heavy atom. The summed E-state index contributed by atoms with van der Waals surface area (Å²) in [6.07, 6.45) is 4.74. The fourth-order valence-corrected chi connectivity index (χ4v) is 3.65. The topological polar surface area (TPSA) is 102 Å². The molecule has 2 amide bonds. The molecule has 8 heteroatoms. The molecule has 2 N–H and O–H groups in total. The van der Waals surface area contributed by atoms with Crippen molar-refractivity contribution in [2.45, 2.75) is 25.7 Å². The third kappa shape index (κ3) is 3.89. The number of nitrogens with zero attached hydrogens (tertiary/aromatic N) is 4.